The number of piperidine rings is 1. The molecule has 5 rings (SSSR count). The minimum atomic E-state index is -0.370. The summed E-state index contributed by atoms with van der Waals surface area (Å²) in [4.78, 5) is 32.8. The van der Waals surface area contributed by atoms with Gasteiger partial charge in [-0.2, -0.15) is 0 Å². The molecule has 2 fully saturated rings. The van der Waals surface area contributed by atoms with Crippen molar-refractivity contribution < 1.29 is 9.18 Å². The van der Waals surface area contributed by atoms with E-state index in [0.29, 0.717) is 48.3 Å². The van der Waals surface area contributed by atoms with Crippen molar-refractivity contribution >= 4 is 23.1 Å². The number of hydrogen-bond acceptors (Lipinski definition) is 5. The molecule has 8 nitrogen and oxygen atoms in total. The van der Waals surface area contributed by atoms with Crippen molar-refractivity contribution in [3.63, 3.8) is 0 Å². The predicted molar refractivity (Wildman–Crippen MR) is 147 cm³/mol. The van der Waals surface area contributed by atoms with Crippen molar-refractivity contribution in [3.05, 3.63) is 63.7 Å². The lowest BCUT2D eigenvalue weighted by Gasteiger charge is -2.29. The molecule has 0 radical (unpaired) electrons. The molecule has 2 aromatic rings. The van der Waals surface area contributed by atoms with Gasteiger partial charge in [0.1, 0.15) is 5.82 Å². The van der Waals surface area contributed by atoms with Crippen LogP contribution in [0.4, 0.5) is 4.39 Å². The molecule has 0 saturated carbocycles. The van der Waals surface area contributed by atoms with Crippen LogP contribution in [0.15, 0.2) is 46.4 Å². The zero-order valence-corrected chi connectivity index (χ0v) is 22.7. The van der Waals surface area contributed by atoms with Crippen LogP contribution in [0.2, 0.25) is 0 Å². The highest BCUT2D eigenvalue weighted by atomic mass is 35.5. The van der Waals surface area contributed by atoms with Gasteiger partial charge in [0.05, 0.1) is 17.3 Å². The Balaban J connectivity index is 1.34. The van der Waals surface area contributed by atoms with Gasteiger partial charge in [0.25, 0.3) is 0 Å². The molecule has 204 valence electrons. The Morgan fingerprint density at radius 2 is 1.82 bits per heavy atom. The molecule has 3 aliphatic rings. The minimum Gasteiger partial charge on any atom is -0.375 e. The van der Waals surface area contributed by atoms with E-state index in [0.717, 1.165) is 38.9 Å². The fourth-order valence-electron chi connectivity index (χ4n) is 5.62. The smallest absolute Gasteiger partial charge is 0.350 e. The van der Waals surface area contributed by atoms with E-state index in [4.69, 9.17) is 16.7 Å². The number of rotatable bonds is 6. The quantitative estimate of drug-likeness (QED) is 0.557. The second-order valence-corrected chi connectivity index (χ2v) is 11.1. The third-order valence-electron chi connectivity index (χ3n) is 7.78. The van der Waals surface area contributed by atoms with Crippen LogP contribution >= 0.6 is 11.6 Å². The van der Waals surface area contributed by atoms with E-state index in [1.165, 1.54) is 40.6 Å². The maximum atomic E-state index is 13.6. The molecule has 1 aromatic carbocycles. The number of carbonyl (C=O) groups is 1. The van der Waals surface area contributed by atoms with Crippen LogP contribution < -0.4 is 5.69 Å². The number of aromatic nitrogens is 3. The summed E-state index contributed by atoms with van der Waals surface area (Å²) in [5.74, 6) is 0.513. The van der Waals surface area contributed by atoms with E-state index >= 15 is 0 Å². The molecule has 10 heteroatoms. The first-order valence-corrected chi connectivity index (χ1v) is 14.0. The van der Waals surface area contributed by atoms with E-state index in [-0.39, 0.29) is 23.3 Å². The molecule has 4 heterocycles. The topological polar surface area (TPSA) is 66.6 Å². The maximum absolute atomic E-state index is 13.6. The largest absolute Gasteiger partial charge is 0.375 e. The van der Waals surface area contributed by atoms with Gasteiger partial charge in [0, 0.05) is 45.0 Å². The summed E-state index contributed by atoms with van der Waals surface area (Å²) in [5, 5.41) is 5.23. The van der Waals surface area contributed by atoms with E-state index in [1.54, 1.807) is 12.1 Å². The molecule has 1 aromatic heterocycles. The average molecular weight is 543 g/mol. The van der Waals surface area contributed by atoms with Crippen molar-refractivity contribution in [2.24, 2.45) is 5.92 Å². The van der Waals surface area contributed by atoms with E-state index in [1.807, 2.05) is 29.1 Å². The Labute approximate surface area is 227 Å². The monoisotopic (exact) mass is 542 g/mol. The second-order valence-electron chi connectivity index (χ2n) is 10.6. The number of allylic oxidation sites excluding steroid dienone is 2. The highest BCUT2D eigenvalue weighted by Gasteiger charge is 2.26. The first-order chi connectivity index (χ1) is 18.4. The maximum Gasteiger partial charge on any atom is 0.350 e. The van der Waals surface area contributed by atoms with E-state index in [2.05, 4.69) is 4.90 Å². The molecule has 0 bridgehead atoms. The first kappa shape index (κ1) is 26.7. The number of likely N-dealkylation sites (tertiary alicyclic amines) is 2. The van der Waals surface area contributed by atoms with Crippen molar-refractivity contribution in [2.45, 2.75) is 45.1 Å². The summed E-state index contributed by atoms with van der Waals surface area (Å²) in [6.07, 6.45) is 10.0. The van der Waals surface area contributed by atoms with E-state index in [9.17, 15) is 14.0 Å². The van der Waals surface area contributed by atoms with Gasteiger partial charge in [-0.05, 0) is 75.4 Å². The zero-order chi connectivity index (χ0) is 26.6. The van der Waals surface area contributed by atoms with Crippen molar-refractivity contribution in [1.29, 1.82) is 0 Å². The molecule has 3 aliphatic heterocycles. The van der Waals surface area contributed by atoms with Crippen LogP contribution in [0.3, 0.4) is 0 Å². The molecule has 1 amide bonds. The fourth-order valence-corrected chi connectivity index (χ4v) is 5.95. The summed E-state index contributed by atoms with van der Waals surface area (Å²) in [6, 6.07) is 5.84. The van der Waals surface area contributed by atoms with Crippen LogP contribution in [-0.2, 0) is 11.3 Å². The lowest BCUT2D eigenvalue weighted by atomic mass is 10.0. The minimum absolute atomic E-state index is 0.211. The van der Waals surface area contributed by atoms with Gasteiger partial charge in [-0.1, -0.05) is 24.1 Å². The zero-order valence-electron chi connectivity index (χ0n) is 22.0. The van der Waals surface area contributed by atoms with Gasteiger partial charge in [-0.3, -0.25) is 9.69 Å². The fraction of sp³-hybridized carbons (Fsp3) is 0.536. The third-order valence-corrected chi connectivity index (χ3v) is 8.08. The Morgan fingerprint density at radius 3 is 2.55 bits per heavy atom. The number of likely N-dealkylation sites (N-methyl/N-ethyl adjacent to an activating group) is 1. The second kappa shape index (κ2) is 11.9. The molecule has 0 aliphatic carbocycles. The Kier molecular flexibility index (Phi) is 8.33. The van der Waals surface area contributed by atoms with Gasteiger partial charge >= 0.3 is 5.69 Å². The average Bonchev–Trinajstić information content (AvgIpc) is 3.06. The third kappa shape index (κ3) is 6.04. The molecule has 2 saturated heterocycles. The van der Waals surface area contributed by atoms with Crippen molar-refractivity contribution in [1.82, 2.24) is 29.0 Å². The number of benzene rings is 1. The summed E-state index contributed by atoms with van der Waals surface area (Å²) in [7, 11) is 1.92. The number of nitrogens with zero attached hydrogens (tertiary/aromatic N) is 6. The molecular weight excluding hydrogens is 507 g/mol. The Bertz CT molecular complexity index is 1260. The standard InChI is InChI=1S/C28H36ClFN6O2/c1-32-16-12-24(25(29)19-32)27-31-35(28(38)36(27)23-9-7-22(30)8-10-23)18-21-6-5-15-34(17-11-21)26(37)20-33-13-3-2-4-14-33/h7-10,12,19,21H,2-6,11,13-18,20H2,1H3. The normalized spacial score (nSPS) is 21.2. The van der Waals surface area contributed by atoms with Crippen LogP contribution in [0.5, 0.6) is 0 Å². The molecule has 0 spiro atoms. The molecule has 1 atom stereocenters. The van der Waals surface area contributed by atoms with Crippen LogP contribution in [0, 0.1) is 11.7 Å². The number of carbonyl (C=O) groups excluding carboxylic acids is 1. The number of hydrogen-bond donors (Lipinski definition) is 0. The van der Waals surface area contributed by atoms with E-state index < -0.39 is 0 Å². The van der Waals surface area contributed by atoms with Gasteiger partial charge in [-0.15, -0.1) is 5.10 Å². The van der Waals surface area contributed by atoms with Crippen LogP contribution in [0.25, 0.3) is 11.3 Å². The summed E-state index contributed by atoms with van der Waals surface area (Å²) in [6.45, 7) is 5.08. The highest BCUT2D eigenvalue weighted by molar-refractivity contribution is 6.36. The first-order valence-electron chi connectivity index (χ1n) is 13.6. The summed E-state index contributed by atoms with van der Waals surface area (Å²) >= 11 is 6.57. The van der Waals surface area contributed by atoms with Crippen molar-refractivity contribution in [2.75, 3.05) is 46.3 Å². The van der Waals surface area contributed by atoms with Crippen molar-refractivity contribution in [3.8, 4) is 5.69 Å². The molecule has 38 heavy (non-hydrogen) atoms. The van der Waals surface area contributed by atoms with Crippen LogP contribution in [0.1, 0.15) is 44.3 Å². The Hall–Kier alpha value is -2.91. The molecule has 0 N–H and O–H groups in total. The predicted octanol–water partition coefficient (Wildman–Crippen LogP) is 3.70. The van der Waals surface area contributed by atoms with Gasteiger partial charge in [0.2, 0.25) is 5.91 Å². The lowest BCUT2D eigenvalue weighted by Crippen LogP contribution is -2.42. The summed E-state index contributed by atoms with van der Waals surface area (Å²) < 4.78 is 16.7. The lowest BCUT2D eigenvalue weighted by molar-refractivity contribution is -0.132. The number of halogens is 2. The Morgan fingerprint density at radius 1 is 1.05 bits per heavy atom. The molecule has 1 unspecified atom stereocenters. The summed E-state index contributed by atoms with van der Waals surface area (Å²) in [5.41, 5.74) is 0.941. The van der Waals surface area contributed by atoms with Gasteiger partial charge in [-0.25, -0.2) is 18.4 Å². The van der Waals surface area contributed by atoms with Crippen LogP contribution in [-0.4, -0.2) is 81.3 Å². The van der Waals surface area contributed by atoms with Gasteiger partial charge in [0.15, 0.2) is 5.82 Å². The molecular formula is C28H36ClFN6O2. The number of amides is 1. The SMILES string of the molecule is CN1C=C(Cl)C(c2nn(CC3CCCN(C(=O)CN4CCCCC4)CC3)c(=O)n2-c2ccc(F)cc2)=CC1. The van der Waals surface area contributed by atoms with Gasteiger partial charge < -0.3 is 9.80 Å². The highest BCUT2D eigenvalue weighted by Crippen LogP contribution is 2.29.